The van der Waals surface area contributed by atoms with Crippen LogP contribution in [-0.2, 0) is 22.5 Å². The second-order valence-electron chi connectivity index (χ2n) is 7.56. The summed E-state index contributed by atoms with van der Waals surface area (Å²) in [6.07, 6.45) is 1.57. The summed E-state index contributed by atoms with van der Waals surface area (Å²) in [5.74, 6) is -0.121. The maximum absolute atomic E-state index is 13.1. The Labute approximate surface area is 194 Å². The number of ether oxygens (including phenoxy) is 1. The van der Waals surface area contributed by atoms with E-state index in [1.54, 1.807) is 6.07 Å². The highest BCUT2D eigenvalue weighted by molar-refractivity contribution is 6.31. The first-order valence-corrected chi connectivity index (χ1v) is 10.7. The lowest BCUT2D eigenvalue weighted by Gasteiger charge is -2.35. The molecule has 2 amide bonds. The molecule has 1 fully saturated rings. The summed E-state index contributed by atoms with van der Waals surface area (Å²) < 4.78 is 5.48. The first-order chi connectivity index (χ1) is 14.5. The molecule has 0 spiro atoms. The van der Waals surface area contributed by atoms with Gasteiger partial charge in [-0.25, -0.2) is 4.79 Å². The van der Waals surface area contributed by atoms with Crippen LogP contribution in [0.5, 0.6) is 0 Å². The molecule has 31 heavy (non-hydrogen) atoms. The number of hydrogen-bond acceptors (Lipinski definition) is 4. The van der Waals surface area contributed by atoms with Gasteiger partial charge in [0.1, 0.15) is 6.61 Å². The van der Waals surface area contributed by atoms with Crippen LogP contribution in [0.15, 0.2) is 48.5 Å². The van der Waals surface area contributed by atoms with Crippen molar-refractivity contribution in [3.8, 4) is 0 Å². The zero-order valence-corrected chi connectivity index (χ0v) is 19.2. The molecule has 1 saturated heterocycles. The van der Waals surface area contributed by atoms with Gasteiger partial charge in [0, 0.05) is 17.3 Å². The molecule has 3 rings (SSSR count). The summed E-state index contributed by atoms with van der Waals surface area (Å²) in [6, 6.07) is 15.0. The fraction of sp³-hybridized carbons (Fsp3) is 0.391. The molecule has 2 aromatic carbocycles. The van der Waals surface area contributed by atoms with E-state index in [1.165, 1.54) is 5.56 Å². The SMILES string of the molecule is CCc1ccc(NC(=O)OCC2(C(=O)NCc3ccccc3Cl)CCNCC2)cc1.Cl. The number of hydrogen-bond donors (Lipinski definition) is 3. The Morgan fingerprint density at radius 3 is 2.42 bits per heavy atom. The average molecular weight is 466 g/mol. The third-order valence-electron chi connectivity index (χ3n) is 5.53. The van der Waals surface area contributed by atoms with Gasteiger partial charge in [-0.2, -0.15) is 0 Å². The van der Waals surface area contributed by atoms with E-state index in [4.69, 9.17) is 16.3 Å². The molecule has 2 aromatic rings. The number of aryl methyl sites for hydroxylation is 1. The van der Waals surface area contributed by atoms with Gasteiger partial charge in [0.15, 0.2) is 0 Å². The molecule has 0 atom stereocenters. The molecule has 8 heteroatoms. The second kappa shape index (κ2) is 11.9. The van der Waals surface area contributed by atoms with E-state index in [2.05, 4.69) is 22.9 Å². The zero-order valence-electron chi connectivity index (χ0n) is 17.6. The lowest BCUT2D eigenvalue weighted by atomic mass is 9.78. The number of benzene rings is 2. The van der Waals surface area contributed by atoms with Gasteiger partial charge in [0.2, 0.25) is 5.91 Å². The highest BCUT2D eigenvalue weighted by atomic mass is 35.5. The van der Waals surface area contributed by atoms with Crippen molar-refractivity contribution in [1.82, 2.24) is 10.6 Å². The van der Waals surface area contributed by atoms with Crippen molar-refractivity contribution in [3.63, 3.8) is 0 Å². The predicted octanol–water partition coefficient (Wildman–Crippen LogP) is 4.56. The van der Waals surface area contributed by atoms with Crippen molar-refractivity contribution >= 4 is 41.7 Å². The van der Waals surface area contributed by atoms with Crippen LogP contribution in [0.3, 0.4) is 0 Å². The topological polar surface area (TPSA) is 79.5 Å². The molecule has 0 aliphatic carbocycles. The Morgan fingerprint density at radius 1 is 1.10 bits per heavy atom. The molecule has 0 aromatic heterocycles. The van der Waals surface area contributed by atoms with Gasteiger partial charge in [0.05, 0.1) is 5.41 Å². The Bertz CT molecular complexity index is 869. The van der Waals surface area contributed by atoms with E-state index >= 15 is 0 Å². The molecule has 168 valence electrons. The van der Waals surface area contributed by atoms with Crippen LogP contribution in [-0.4, -0.2) is 31.7 Å². The first-order valence-electron chi connectivity index (χ1n) is 10.3. The van der Waals surface area contributed by atoms with Gasteiger partial charge in [-0.3, -0.25) is 10.1 Å². The summed E-state index contributed by atoms with van der Waals surface area (Å²) in [7, 11) is 0. The molecule has 1 heterocycles. The van der Waals surface area contributed by atoms with E-state index in [1.807, 2.05) is 42.5 Å². The highest BCUT2D eigenvalue weighted by Gasteiger charge is 2.41. The van der Waals surface area contributed by atoms with Crippen LogP contribution < -0.4 is 16.0 Å². The molecular formula is C23H29Cl2N3O3. The van der Waals surface area contributed by atoms with E-state index in [-0.39, 0.29) is 24.9 Å². The lowest BCUT2D eigenvalue weighted by Crippen LogP contribution is -2.50. The highest BCUT2D eigenvalue weighted by Crippen LogP contribution is 2.30. The summed E-state index contributed by atoms with van der Waals surface area (Å²) in [5.41, 5.74) is 1.96. The molecule has 0 bridgehead atoms. The van der Waals surface area contributed by atoms with Crippen LogP contribution in [0.4, 0.5) is 10.5 Å². The van der Waals surface area contributed by atoms with Crippen LogP contribution in [0.1, 0.15) is 30.9 Å². The van der Waals surface area contributed by atoms with E-state index in [0.29, 0.717) is 43.2 Å². The standard InChI is InChI=1S/C23H28ClN3O3.ClH/c1-2-17-7-9-19(10-8-17)27-22(29)30-16-23(11-13-25-14-12-23)21(28)26-15-18-5-3-4-6-20(18)24;/h3-10,25H,2,11-16H2,1H3,(H,26,28)(H,27,29);1H. The fourth-order valence-corrected chi connectivity index (χ4v) is 3.73. The minimum absolute atomic E-state index is 0. The largest absolute Gasteiger partial charge is 0.448 e. The maximum Gasteiger partial charge on any atom is 0.411 e. The number of piperidine rings is 1. The lowest BCUT2D eigenvalue weighted by molar-refractivity contribution is -0.135. The molecule has 0 unspecified atom stereocenters. The van der Waals surface area contributed by atoms with Gasteiger partial charge in [-0.15, -0.1) is 12.4 Å². The third kappa shape index (κ3) is 6.86. The second-order valence-corrected chi connectivity index (χ2v) is 7.96. The summed E-state index contributed by atoms with van der Waals surface area (Å²) in [5, 5.41) is 9.57. The minimum Gasteiger partial charge on any atom is -0.448 e. The van der Waals surface area contributed by atoms with E-state index < -0.39 is 11.5 Å². The molecule has 3 N–H and O–H groups in total. The van der Waals surface area contributed by atoms with Crippen LogP contribution in [0, 0.1) is 5.41 Å². The molecule has 0 saturated carbocycles. The summed E-state index contributed by atoms with van der Waals surface area (Å²) in [6.45, 7) is 3.84. The van der Waals surface area contributed by atoms with Crippen molar-refractivity contribution in [2.75, 3.05) is 25.0 Å². The molecule has 6 nitrogen and oxygen atoms in total. The quantitative estimate of drug-likeness (QED) is 0.559. The number of carbonyl (C=O) groups excluding carboxylic acids is 2. The number of anilines is 1. The van der Waals surface area contributed by atoms with Crippen molar-refractivity contribution in [2.45, 2.75) is 32.7 Å². The van der Waals surface area contributed by atoms with Gasteiger partial charge < -0.3 is 15.4 Å². The smallest absolute Gasteiger partial charge is 0.411 e. The number of rotatable bonds is 7. The Morgan fingerprint density at radius 2 is 1.77 bits per heavy atom. The van der Waals surface area contributed by atoms with Crippen LogP contribution in [0.25, 0.3) is 0 Å². The molecule has 0 radical (unpaired) electrons. The minimum atomic E-state index is -0.754. The third-order valence-corrected chi connectivity index (χ3v) is 5.90. The summed E-state index contributed by atoms with van der Waals surface area (Å²) in [4.78, 5) is 25.4. The van der Waals surface area contributed by atoms with Gasteiger partial charge in [0.25, 0.3) is 0 Å². The van der Waals surface area contributed by atoms with Crippen LogP contribution >= 0.6 is 24.0 Å². The summed E-state index contributed by atoms with van der Waals surface area (Å²) >= 11 is 6.19. The van der Waals surface area contributed by atoms with E-state index in [9.17, 15) is 9.59 Å². The van der Waals surface area contributed by atoms with Crippen LogP contribution in [0.2, 0.25) is 5.02 Å². The van der Waals surface area contributed by atoms with Crippen molar-refractivity contribution in [2.24, 2.45) is 5.41 Å². The van der Waals surface area contributed by atoms with Gasteiger partial charge >= 0.3 is 6.09 Å². The van der Waals surface area contributed by atoms with Gasteiger partial charge in [-0.05, 0) is 61.7 Å². The Kier molecular flexibility index (Phi) is 9.62. The molecule has 1 aliphatic heterocycles. The Balaban J connectivity index is 0.00000341. The van der Waals surface area contributed by atoms with Crippen molar-refractivity contribution in [3.05, 3.63) is 64.7 Å². The average Bonchev–Trinajstić information content (AvgIpc) is 2.78. The molecular weight excluding hydrogens is 437 g/mol. The predicted molar refractivity (Wildman–Crippen MR) is 126 cm³/mol. The zero-order chi connectivity index (χ0) is 21.4. The number of halogens is 2. The maximum atomic E-state index is 13.1. The van der Waals surface area contributed by atoms with Crippen molar-refractivity contribution < 1.29 is 14.3 Å². The molecule has 1 aliphatic rings. The monoisotopic (exact) mass is 465 g/mol. The van der Waals surface area contributed by atoms with E-state index in [0.717, 1.165) is 12.0 Å². The van der Waals surface area contributed by atoms with Crippen molar-refractivity contribution in [1.29, 1.82) is 0 Å². The van der Waals surface area contributed by atoms with Gasteiger partial charge in [-0.1, -0.05) is 48.9 Å². The Hall–Kier alpha value is -2.28. The number of carbonyl (C=O) groups is 2. The normalized spacial score (nSPS) is 14.8. The first kappa shape index (κ1) is 25.0. The number of amides is 2. The number of nitrogens with one attached hydrogen (secondary N) is 3. The fourth-order valence-electron chi connectivity index (χ4n) is 3.53.